The molecular formula is C13H28N2S. The summed E-state index contributed by atoms with van der Waals surface area (Å²) in [4.78, 5) is 2.67. The molecule has 1 fully saturated rings. The Bertz CT molecular complexity index is 169. The molecule has 96 valence electrons. The SMILES string of the molecule is CCN(C(CN)CCCSC)C1CCCC1. The molecular weight excluding hydrogens is 216 g/mol. The average Bonchev–Trinajstić information content (AvgIpc) is 2.82. The zero-order valence-corrected chi connectivity index (χ0v) is 11.8. The van der Waals surface area contributed by atoms with Gasteiger partial charge in [0.05, 0.1) is 0 Å². The number of nitrogens with two attached hydrogens (primary N) is 1. The van der Waals surface area contributed by atoms with Crippen molar-refractivity contribution in [3.63, 3.8) is 0 Å². The Morgan fingerprint density at radius 1 is 1.38 bits per heavy atom. The van der Waals surface area contributed by atoms with Crippen molar-refractivity contribution >= 4 is 11.8 Å². The Hall–Kier alpha value is 0.270. The van der Waals surface area contributed by atoms with E-state index in [0.717, 1.165) is 12.6 Å². The summed E-state index contributed by atoms with van der Waals surface area (Å²) < 4.78 is 0. The first kappa shape index (κ1) is 14.3. The summed E-state index contributed by atoms with van der Waals surface area (Å²) in [5, 5.41) is 0. The number of thioether (sulfide) groups is 1. The van der Waals surface area contributed by atoms with Crippen LogP contribution >= 0.6 is 11.8 Å². The van der Waals surface area contributed by atoms with Crippen molar-refractivity contribution in [2.45, 2.75) is 57.5 Å². The molecule has 1 atom stereocenters. The lowest BCUT2D eigenvalue weighted by atomic mass is 10.1. The largest absolute Gasteiger partial charge is 0.329 e. The predicted molar refractivity (Wildman–Crippen MR) is 75.1 cm³/mol. The summed E-state index contributed by atoms with van der Waals surface area (Å²) in [6, 6.07) is 1.45. The smallest absolute Gasteiger partial charge is 0.0221 e. The van der Waals surface area contributed by atoms with Crippen LogP contribution in [0.15, 0.2) is 0 Å². The summed E-state index contributed by atoms with van der Waals surface area (Å²) in [5.74, 6) is 1.28. The van der Waals surface area contributed by atoms with Crippen LogP contribution in [-0.4, -0.2) is 42.1 Å². The van der Waals surface area contributed by atoms with Gasteiger partial charge in [-0.25, -0.2) is 0 Å². The first-order valence-corrected chi connectivity index (χ1v) is 8.17. The molecule has 1 unspecified atom stereocenters. The molecule has 1 rings (SSSR count). The van der Waals surface area contributed by atoms with Crippen molar-refractivity contribution in [1.29, 1.82) is 0 Å². The summed E-state index contributed by atoms with van der Waals surface area (Å²) in [6.45, 7) is 4.29. The Balaban J connectivity index is 2.39. The van der Waals surface area contributed by atoms with Crippen molar-refractivity contribution in [1.82, 2.24) is 4.90 Å². The van der Waals surface area contributed by atoms with Gasteiger partial charge in [0.1, 0.15) is 0 Å². The molecule has 1 aliphatic rings. The third-order valence-corrected chi connectivity index (χ3v) is 4.48. The fraction of sp³-hybridized carbons (Fsp3) is 1.00. The molecule has 0 aromatic carbocycles. The molecule has 0 saturated heterocycles. The second kappa shape index (κ2) is 8.37. The molecule has 0 spiro atoms. The van der Waals surface area contributed by atoms with Gasteiger partial charge < -0.3 is 5.73 Å². The Kier molecular flexibility index (Phi) is 7.50. The van der Waals surface area contributed by atoms with E-state index in [2.05, 4.69) is 18.1 Å². The number of nitrogens with zero attached hydrogens (tertiary/aromatic N) is 1. The quantitative estimate of drug-likeness (QED) is 0.666. The van der Waals surface area contributed by atoms with Gasteiger partial charge in [-0.15, -0.1) is 0 Å². The van der Waals surface area contributed by atoms with Crippen LogP contribution in [0.4, 0.5) is 0 Å². The highest BCUT2D eigenvalue weighted by Gasteiger charge is 2.26. The van der Waals surface area contributed by atoms with Crippen LogP contribution in [0.3, 0.4) is 0 Å². The predicted octanol–water partition coefficient (Wildman–Crippen LogP) is 2.72. The molecule has 3 heteroatoms. The number of hydrogen-bond donors (Lipinski definition) is 1. The van der Waals surface area contributed by atoms with Gasteiger partial charge in [-0.1, -0.05) is 19.8 Å². The average molecular weight is 244 g/mol. The van der Waals surface area contributed by atoms with Crippen LogP contribution in [0.1, 0.15) is 45.4 Å². The molecule has 0 amide bonds. The van der Waals surface area contributed by atoms with Crippen LogP contribution < -0.4 is 5.73 Å². The van der Waals surface area contributed by atoms with Crippen LogP contribution in [0.5, 0.6) is 0 Å². The topological polar surface area (TPSA) is 29.3 Å². The third-order valence-electron chi connectivity index (χ3n) is 3.79. The minimum Gasteiger partial charge on any atom is -0.329 e. The number of likely N-dealkylation sites (N-methyl/N-ethyl adjacent to an activating group) is 1. The standard InChI is InChI=1S/C13H28N2S/c1-3-15(12-7-4-5-8-12)13(11-14)9-6-10-16-2/h12-13H,3-11,14H2,1-2H3. The maximum atomic E-state index is 5.95. The first-order chi connectivity index (χ1) is 7.83. The van der Waals surface area contributed by atoms with Gasteiger partial charge in [0.25, 0.3) is 0 Å². The second-order valence-electron chi connectivity index (χ2n) is 4.79. The van der Waals surface area contributed by atoms with E-state index in [1.807, 2.05) is 11.8 Å². The molecule has 0 aliphatic heterocycles. The fourth-order valence-corrected chi connectivity index (χ4v) is 3.39. The molecule has 1 aliphatic carbocycles. The van der Waals surface area contributed by atoms with E-state index in [9.17, 15) is 0 Å². The zero-order chi connectivity index (χ0) is 11.8. The Labute approximate surface area is 105 Å². The van der Waals surface area contributed by atoms with E-state index in [4.69, 9.17) is 5.73 Å². The monoisotopic (exact) mass is 244 g/mol. The molecule has 0 aromatic rings. The van der Waals surface area contributed by atoms with Gasteiger partial charge in [0.15, 0.2) is 0 Å². The molecule has 0 heterocycles. The van der Waals surface area contributed by atoms with Crippen LogP contribution in [0, 0.1) is 0 Å². The Morgan fingerprint density at radius 2 is 2.06 bits per heavy atom. The minimum absolute atomic E-state index is 0.625. The van der Waals surface area contributed by atoms with Gasteiger partial charge in [0.2, 0.25) is 0 Å². The normalized spacial score (nSPS) is 19.5. The molecule has 0 radical (unpaired) electrons. The first-order valence-electron chi connectivity index (χ1n) is 6.78. The van der Waals surface area contributed by atoms with E-state index in [-0.39, 0.29) is 0 Å². The van der Waals surface area contributed by atoms with Crippen LogP contribution in [0.25, 0.3) is 0 Å². The number of hydrogen-bond acceptors (Lipinski definition) is 3. The third kappa shape index (κ3) is 4.27. The maximum Gasteiger partial charge on any atom is 0.0221 e. The summed E-state index contributed by atoms with van der Waals surface area (Å²) in [5.41, 5.74) is 5.95. The van der Waals surface area contributed by atoms with Crippen LogP contribution in [0.2, 0.25) is 0 Å². The number of rotatable bonds is 8. The van der Waals surface area contributed by atoms with Crippen LogP contribution in [-0.2, 0) is 0 Å². The molecule has 2 N–H and O–H groups in total. The summed E-state index contributed by atoms with van der Waals surface area (Å²) in [6.07, 6.45) is 10.4. The van der Waals surface area contributed by atoms with E-state index in [1.54, 1.807) is 0 Å². The van der Waals surface area contributed by atoms with E-state index in [1.165, 1.54) is 50.8 Å². The highest BCUT2D eigenvalue weighted by molar-refractivity contribution is 7.98. The Morgan fingerprint density at radius 3 is 2.56 bits per heavy atom. The lowest BCUT2D eigenvalue weighted by molar-refractivity contribution is 0.139. The lowest BCUT2D eigenvalue weighted by Crippen LogP contribution is -2.45. The van der Waals surface area contributed by atoms with Crippen molar-refractivity contribution in [3.8, 4) is 0 Å². The minimum atomic E-state index is 0.625. The van der Waals surface area contributed by atoms with Gasteiger partial charge in [-0.05, 0) is 44.2 Å². The van der Waals surface area contributed by atoms with E-state index in [0.29, 0.717) is 6.04 Å². The fourth-order valence-electron chi connectivity index (χ4n) is 2.93. The summed E-state index contributed by atoms with van der Waals surface area (Å²) in [7, 11) is 0. The van der Waals surface area contributed by atoms with Gasteiger partial charge >= 0.3 is 0 Å². The molecule has 0 aromatic heterocycles. The molecule has 0 bridgehead atoms. The summed E-state index contributed by atoms with van der Waals surface area (Å²) >= 11 is 1.95. The molecule has 2 nitrogen and oxygen atoms in total. The lowest BCUT2D eigenvalue weighted by Gasteiger charge is -2.35. The zero-order valence-electron chi connectivity index (χ0n) is 11.0. The van der Waals surface area contributed by atoms with Gasteiger partial charge in [0, 0.05) is 18.6 Å². The highest BCUT2D eigenvalue weighted by atomic mass is 32.2. The van der Waals surface area contributed by atoms with E-state index < -0.39 is 0 Å². The van der Waals surface area contributed by atoms with Gasteiger partial charge in [-0.3, -0.25) is 4.90 Å². The second-order valence-corrected chi connectivity index (χ2v) is 5.78. The van der Waals surface area contributed by atoms with E-state index >= 15 is 0 Å². The van der Waals surface area contributed by atoms with Crippen molar-refractivity contribution in [3.05, 3.63) is 0 Å². The van der Waals surface area contributed by atoms with Crippen molar-refractivity contribution < 1.29 is 0 Å². The molecule has 16 heavy (non-hydrogen) atoms. The maximum absolute atomic E-state index is 5.95. The van der Waals surface area contributed by atoms with Gasteiger partial charge in [-0.2, -0.15) is 11.8 Å². The van der Waals surface area contributed by atoms with Crippen molar-refractivity contribution in [2.75, 3.05) is 25.1 Å². The highest BCUT2D eigenvalue weighted by Crippen LogP contribution is 2.26. The molecule has 1 saturated carbocycles. The van der Waals surface area contributed by atoms with Crippen molar-refractivity contribution in [2.24, 2.45) is 5.73 Å².